The maximum atomic E-state index is 13.2. The number of halogens is 1. The van der Waals surface area contributed by atoms with Crippen LogP contribution in [0.15, 0.2) is 90.0 Å². The van der Waals surface area contributed by atoms with Gasteiger partial charge in [0.05, 0.1) is 18.5 Å². The monoisotopic (exact) mass is 511 g/mol. The lowest BCUT2D eigenvalue weighted by atomic mass is 9.91. The van der Waals surface area contributed by atoms with Crippen LogP contribution in [0, 0.1) is 11.2 Å². The fourth-order valence-electron chi connectivity index (χ4n) is 4.81. The number of hydrogen-bond donors (Lipinski definition) is 3. The van der Waals surface area contributed by atoms with Crippen molar-refractivity contribution < 1.29 is 9.50 Å². The molecule has 3 aromatic carbocycles. The fraction of sp³-hybridized carbons (Fsp3) is 0.233. The predicted octanol–water partition coefficient (Wildman–Crippen LogP) is 4.82. The van der Waals surface area contributed by atoms with Crippen LogP contribution in [-0.4, -0.2) is 44.5 Å². The van der Waals surface area contributed by atoms with Crippen LogP contribution in [0.5, 0.6) is 0 Å². The molecule has 1 saturated heterocycles. The van der Waals surface area contributed by atoms with E-state index in [-0.39, 0.29) is 23.7 Å². The molecule has 5 rings (SSSR count). The van der Waals surface area contributed by atoms with Gasteiger partial charge in [-0.05, 0) is 53.8 Å². The van der Waals surface area contributed by atoms with Gasteiger partial charge >= 0.3 is 0 Å². The van der Waals surface area contributed by atoms with E-state index in [0.29, 0.717) is 31.6 Å². The van der Waals surface area contributed by atoms with Gasteiger partial charge in [-0.1, -0.05) is 54.6 Å². The molecule has 0 spiro atoms. The average molecular weight is 512 g/mol. The summed E-state index contributed by atoms with van der Waals surface area (Å²) in [5.41, 5.74) is 2.78. The third-order valence-corrected chi connectivity index (χ3v) is 7.04. The SMILES string of the molecule is N=Cc1c(Nc2ccc(F)cc2)ncn(CC2(O)CCN(Cc3ccc(-c4ccccc4)cc3)CC2)c1=O. The second kappa shape index (κ2) is 11.1. The maximum Gasteiger partial charge on any atom is 0.264 e. The molecule has 194 valence electrons. The van der Waals surface area contributed by atoms with Crippen LogP contribution in [0.2, 0.25) is 0 Å². The molecule has 1 fully saturated rings. The van der Waals surface area contributed by atoms with Crippen molar-refractivity contribution >= 4 is 17.7 Å². The third-order valence-electron chi connectivity index (χ3n) is 7.04. The first-order chi connectivity index (χ1) is 18.4. The largest absolute Gasteiger partial charge is 0.388 e. The Morgan fingerprint density at radius 2 is 1.63 bits per heavy atom. The van der Waals surface area contributed by atoms with Crippen LogP contribution in [-0.2, 0) is 13.1 Å². The van der Waals surface area contributed by atoms with Gasteiger partial charge in [0.15, 0.2) is 0 Å². The molecule has 1 aliphatic heterocycles. The Hall–Kier alpha value is -4.14. The van der Waals surface area contributed by atoms with Crippen molar-refractivity contribution in [3.8, 4) is 11.1 Å². The van der Waals surface area contributed by atoms with Gasteiger partial charge in [-0.25, -0.2) is 9.37 Å². The molecule has 0 aliphatic carbocycles. The van der Waals surface area contributed by atoms with Gasteiger partial charge in [-0.15, -0.1) is 0 Å². The number of rotatable bonds is 8. The van der Waals surface area contributed by atoms with Crippen molar-refractivity contribution in [2.45, 2.75) is 31.5 Å². The number of hydrogen-bond acceptors (Lipinski definition) is 6. The van der Waals surface area contributed by atoms with Gasteiger partial charge in [-0.3, -0.25) is 14.3 Å². The summed E-state index contributed by atoms with van der Waals surface area (Å²) in [6.07, 6.45) is 3.39. The molecule has 4 aromatic rings. The molecule has 0 radical (unpaired) electrons. The van der Waals surface area contributed by atoms with Gasteiger partial charge in [0, 0.05) is 31.5 Å². The first-order valence-corrected chi connectivity index (χ1v) is 12.6. The first-order valence-electron chi connectivity index (χ1n) is 12.6. The van der Waals surface area contributed by atoms with Gasteiger partial charge in [-0.2, -0.15) is 0 Å². The number of nitrogens with one attached hydrogen (secondary N) is 2. The lowest BCUT2D eigenvalue weighted by Crippen LogP contribution is -2.48. The number of nitrogens with zero attached hydrogens (tertiary/aromatic N) is 3. The highest BCUT2D eigenvalue weighted by Gasteiger charge is 2.33. The van der Waals surface area contributed by atoms with E-state index in [4.69, 9.17) is 5.41 Å². The Morgan fingerprint density at radius 1 is 0.974 bits per heavy atom. The van der Waals surface area contributed by atoms with E-state index < -0.39 is 11.2 Å². The Morgan fingerprint density at radius 3 is 2.29 bits per heavy atom. The number of benzene rings is 3. The minimum Gasteiger partial charge on any atom is -0.388 e. The highest BCUT2D eigenvalue weighted by Crippen LogP contribution is 2.26. The quantitative estimate of drug-likeness (QED) is 0.295. The molecule has 0 unspecified atom stereocenters. The molecule has 1 aromatic heterocycles. The standard InChI is InChI=1S/C30H30FN5O2/c31-25-10-12-26(13-11-25)34-28-27(18-32)29(37)36(21-33-28)20-30(38)14-16-35(17-15-30)19-22-6-8-24(9-7-22)23-4-2-1-3-5-23/h1-13,18,21,32,34,38H,14-17,19-20H2. The van der Waals surface area contributed by atoms with E-state index in [1.807, 2.05) is 18.2 Å². The summed E-state index contributed by atoms with van der Waals surface area (Å²) in [5.74, 6) is -0.153. The van der Waals surface area contributed by atoms with Crippen molar-refractivity contribution in [3.05, 3.63) is 112 Å². The van der Waals surface area contributed by atoms with Crippen molar-refractivity contribution in [3.63, 3.8) is 0 Å². The second-order valence-electron chi connectivity index (χ2n) is 9.78. The zero-order chi connectivity index (χ0) is 26.5. The normalized spacial score (nSPS) is 15.2. The summed E-state index contributed by atoms with van der Waals surface area (Å²) < 4.78 is 14.6. The summed E-state index contributed by atoms with van der Waals surface area (Å²) in [7, 11) is 0. The van der Waals surface area contributed by atoms with Crippen LogP contribution in [0.25, 0.3) is 11.1 Å². The van der Waals surface area contributed by atoms with Crippen molar-refractivity contribution in [1.82, 2.24) is 14.5 Å². The van der Waals surface area contributed by atoms with Crippen LogP contribution < -0.4 is 10.9 Å². The summed E-state index contributed by atoms with van der Waals surface area (Å²) in [6.45, 7) is 2.33. The molecule has 0 saturated carbocycles. The zero-order valence-electron chi connectivity index (χ0n) is 21.0. The lowest BCUT2D eigenvalue weighted by Gasteiger charge is -2.38. The van der Waals surface area contributed by atoms with Crippen LogP contribution >= 0.6 is 0 Å². The van der Waals surface area contributed by atoms with E-state index in [1.54, 1.807) is 0 Å². The molecule has 2 heterocycles. The number of likely N-dealkylation sites (tertiary alicyclic amines) is 1. The van der Waals surface area contributed by atoms with Crippen LogP contribution in [0.3, 0.4) is 0 Å². The second-order valence-corrected chi connectivity index (χ2v) is 9.78. The minimum absolute atomic E-state index is 0.0804. The Balaban J connectivity index is 1.20. The van der Waals surface area contributed by atoms with Crippen molar-refractivity contribution in [1.29, 1.82) is 5.41 Å². The van der Waals surface area contributed by atoms with E-state index in [9.17, 15) is 14.3 Å². The Bertz CT molecular complexity index is 1450. The fourth-order valence-corrected chi connectivity index (χ4v) is 4.81. The Labute approximate surface area is 220 Å². The molecule has 0 amide bonds. The van der Waals surface area contributed by atoms with Gasteiger partial charge in [0.25, 0.3) is 5.56 Å². The molecular weight excluding hydrogens is 481 g/mol. The zero-order valence-corrected chi connectivity index (χ0v) is 21.0. The molecule has 8 heteroatoms. The first kappa shape index (κ1) is 25.5. The average Bonchev–Trinajstić information content (AvgIpc) is 2.94. The predicted molar refractivity (Wildman–Crippen MR) is 147 cm³/mol. The molecular formula is C30H30FN5O2. The summed E-state index contributed by atoms with van der Waals surface area (Å²) in [6, 6.07) is 24.5. The van der Waals surface area contributed by atoms with Gasteiger partial charge < -0.3 is 15.8 Å². The molecule has 0 bridgehead atoms. The number of anilines is 2. The number of aromatic nitrogens is 2. The molecule has 38 heavy (non-hydrogen) atoms. The lowest BCUT2D eigenvalue weighted by molar-refractivity contribution is -0.0365. The summed E-state index contributed by atoms with van der Waals surface area (Å²) in [5, 5.41) is 22.0. The molecule has 3 N–H and O–H groups in total. The Kier molecular flexibility index (Phi) is 7.44. The van der Waals surface area contributed by atoms with E-state index in [1.165, 1.54) is 51.9 Å². The van der Waals surface area contributed by atoms with Crippen molar-refractivity contribution in [2.24, 2.45) is 0 Å². The molecule has 0 atom stereocenters. The van der Waals surface area contributed by atoms with E-state index >= 15 is 0 Å². The number of piperidine rings is 1. The topological polar surface area (TPSA) is 94.2 Å². The minimum atomic E-state index is -1.04. The van der Waals surface area contributed by atoms with Gasteiger partial charge in [0.2, 0.25) is 0 Å². The molecule has 7 nitrogen and oxygen atoms in total. The van der Waals surface area contributed by atoms with Crippen LogP contribution in [0.4, 0.5) is 15.9 Å². The highest BCUT2D eigenvalue weighted by atomic mass is 19.1. The summed E-state index contributed by atoms with van der Waals surface area (Å²) >= 11 is 0. The smallest absolute Gasteiger partial charge is 0.264 e. The number of aliphatic hydroxyl groups is 1. The van der Waals surface area contributed by atoms with Gasteiger partial charge in [0.1, 0.15) is 17.2 Å². The van der Waals surface area contributed by atoms with Crippen LogP contribution in [0.1, 0.15) is 24.0 Å². The van der Waals surface area contributed by atoms with E-state index in [2.05, 4.69) is 51.6 Å². The maximum absolute atomic E-state index is 13.2. The summed E-state index contributed by atoms with van der Waals surface area (Å²) in [4.78, 5) is 19.7. The molecule has 1 aliphatic rings. The third kappa shape index (κ3) is 5.88. The van der Waals surface area contributed by atoms with E-state index in [0.717, 1.165) is 12.8 Å². The highest BCUT2D eigenvalue weighted by molar-refractivity contribution is 5.85. The van der Waals surface area contributed by atoms with Crippen molar-refractivity contribution in [2.75, 3.05) is 18.4 Å².